The lowest BCUT2D eigenvalue weighted by Crippen LogP contribution is -2.06. The second-order valence-corrected chi connectivity index (χ2v) is 4.03. The van der Waals surface area contributed by atoms with E-state index in [-0.39, 0.29) is 5.69 Å². The van der Waals surface area contributed by atoms with Crippen LogP contribution in [0.15, 0.2) is 36.4 Å². The number of carbonyl (C=O) groups is 1. The molecule has 0 saturated carbocycles. The van der Waals surface area contributed by atoms with Crippen LogP contribution in [0, 0.1) is 0 Å². The molecule has 2 aromatic rings. The van der Waals surface area contributed by atoms with Crippen molar-refractivity contribution in [1.29, 1.82) is 0 Å². The van der Waals surface area contributed by atoms with Crippen LogP contribution in [0.1, 0.15) is 16.1 Å². The summed E-state index contributed by atoms with van der Waals surface area (Å²) in [6.07, 6.45) is 0. The highest BCUT2D eigenvalue weighted by Gasteiger charge is 2.04. The van der Waals surface area contributed by atoms with Gasteiger partial charge in [0.05, 0.1) is 0 Å². The first-order chi connectivity index (χ1) is 8.65. The molecule has 6 heteroatoms. The lowest BCUT2D eigenvalue weighted by Gasteiger charge is -2.05. The van der Waals surface area contributed by atoms with Crippen molar-refractivity contribution in [2.24, 2.45) is 0 Å². The van der Waals surface area contributed by atoms with E-state index in [4.69, 9.17) is 16.7 Å². The summed E-state index contributed by atoms with van der Waals surface area (Å²) < 4.78 is 0. The molecule has 0 saturated heterocycles. The third-order valence-electron chi connectivity index (χ3n) is 2.25. The standard InChI is InChI=1S/C12H10ClN3O2/c13-9-3-1-2-8(6-9)7-14-11-5-4-10(12(17)18)15-16-11/h1-6H,7H2,(H,14,16)(H,17,18). The highest BCUT2D eigenvalue weighted by molar-refractivity contribution is 6.30. The van der Waals surface area contributed by atoms with Gasteiger partial charge in [0.2, 0.25) is 0 Å². The largest absolute Gasteiger partial charge is 0.476 e. The van der Waals surface area contributed by atoms with Crippen molar-refractivity contribution in [1.82, 2.24) is 10.2 Å². The van der Waals surface area contributed by atoms with E-state index in [0.29, 0.717) is 17.4 Å². The van der Waals surface area contributed by atoms with Crippen LogP contribution < -0.4 is 5.32 Å². The monoisotopic (exact) mass is 263 g/mol. The first-order valence-electron chi connectivity index (χ1n) is 5.20. The van der Waals surface area contributed by atoms with Crippen LogP contribution in [0.2, 0.25) is 5.02 Å². The summed E-state index contributed by atoms with van der Waals surface area (Å²) in [5, 5.41) is 19.7. The molecule has 0 aliphatic heterocycles. The molecule has 5 nitrogen and oxygen atoms in total. The van der Waals surface area contributed by atoms with E-state index in [1.54, 1.807) is 12.1 Å². The van der Waals surface area contributed by atoms with E-state index in [1.165, 1.54) is 6.07 Å². The lowest BCUT2D eigenvalue weighted by molar-refractivity contribution is 0.0689. The Morgan fingerprint density at radius 2 is 2.11 bits per heavy atom. The molecule has 18 heavy (non-hydrogen) atoms. The summed E-state index contributed by atoms with van der Waals surface area (Å²) >= 11 is 5.86. The normalized spacial score (nSPS) is 10.1. The van der Waals surface area contributed by atoms with Gasteiger partial charge < -0.3 is 10.4 Å². The first kappa shape index (κ1) is 12.3. The van der Waals surface area contributed by atoms with E-state index in [9.17, 15) is 4.79 Å². The Kier molecular flexibility index (Phi) is 3.74. The second kappa shape index (κ2) is 5.46. The third kappa shape index (κ3) is 3.18. The van der Waals surface area contributed by atoms with E-state index in [2.05, 4.69) is 15.5 Å². The van der Waals surface area contributed by atoms with Gasteiger partial charge in [0.25, 0.3) is 0 Å². The van der Waals surface area contributed by atoms with E-state index in [1.807, 2.05) is 18.2 Å². The Morgan fingerprint density at radius 1 is 1.28 bits per heavy atom. The van der Waals surface area contributed by atoms with Crippen molar-refractivity contribution in [3.63, 3.8) is 0 Å². The number of hydrogen-bond donors (Lipinski definition) is 2. The van der Waals surface area contributed by atoms with E-state index in [0.717, 1.165) is 5.56 Å². The summed E-state index contributed by atoms with van der Waals surface area (Å²) in [5.41, 5.74) is 0.926. The lowest BCUT2D eigenvalue weighted by atomic mass is 10.2. The highest BCUT2D eigenvalue weighted by atomic mass is 35.5. The number of nitrogens with zero attached hydrogens (tertiary/aromatic N) is 2. The van der Waals surface area contributed by atoms with Crippen LogP contribution in [0.4, 0.5) is 5.82 Å². The molecule has 1 aromatic heterocycles. The minimum Gasteiger partial charge on any atom is -0.476 e. The molecule has 0 aliphatic carbocycles. The van der Waals surface area contributed by atoms with Gasteiger partial charge in [-0.1, -0.05) is 23.7 Å². The molecule has 0 unspecified atom stereocenters. The first-order valence-corrected chi connectivity index (χ1v) is 5.58. The topological polar surface area (TPSA) is 75.1 Å². The van der Waals surface area contributed by atoms with Crippen molar-refractivity contribution >= 4 is 23.4 Å². The average Bonchev–Trinajstić information content (AvgIpc) is 2.37. The number of benzene rings is 1. The number of anilines is 1. The Bertz CT molecular complexity index is 558. The number of rotatable bonds is 4. The number of aromatic carboxylic acids is 1. The molecule has 92 valence electrons. The summed E-state index contributed by atoms with van der Waals surface area (Å²) in [6, 6.07) is 10.4. The Hall–Kier alpha value is -2.14. The zero-order valence-corrected chi connectivity index (χ0v) is 10.1. The Morgan fingerprint density at radius 3 is 2.72 bits per heavy atom. The molecule has 0 spiro atoms. The maximum Gasteiger partial charge on any atom is 0.356 e. The van der Waals surface area contributed by atoms with Crippen molar-refractivity contribution in [2.45, 2.75) is 6.54 Å². The van der Waals surface area contributed by atoms with E-state index < -0.39 is 5.97 Å². The molecular weight excluding hydrogens is 254 g/mol. The fourth-order valence-corrected chi connectivity index (χ4v) is 1.59. The number of nitrogens with one attached hydrogen (secondary N) is 1. The SMILES string of the molecule is O=C(O)c1ccc(NCc2cccc(Cl)c2)nn1. The van der Waals surface area contributed by atoms with Crippen LogP contribution >= 0.6 is 11.6 Å². The van der Waals surface area contributed by atoms with Crippen LogP contribution in [0.3, 0.4) is 0 Å². The van der Waals surface area contributed by atoms with Crippen LogP contribution in [-0.2, 0) is 6.54 Å². The number of carboxylic acid groups (broad SMARTS) is 1. The molecular formula is C12H10ClN3O2. The number of carboxylic acids is 1. The molecule has 0 aliphatic rings. The van der Waals surface area contributed by atoms with Gasteiger partial charge >= 0.3 is 5.97 Å². The molecule has 0 atom stereocenters. The fourth-order valence-electron chi connectivity index (χ4n) is 1.38. The van der Waals surface area contributed by atoms with E-state index >= 15 is 0 Å². The Balaban J connectivity index is 2.00. The van der Waals surface area contributed by atoms with Gasteiger partial charge in [-0.3, -0.25) is 0 Å². The highest BCUT2D eigenvalue weighted by Crippen LogP contribution is 2.12. The summed E-state index contributed by atoms with van der Waals surface area (Å²) in [6.45, 7) is 0.543. The van der Waals surface area contributed by atoms with Crippen molar-refractivity contribution < 1.29 is 9.90 Å². The quantitative estimate of drug-likeness (QED) is 0.886. The zero-order chi connectivity index (χ0) is 13.0. The molecule has 2 N–H and O–H groups in total. The minimum atomic E-state index is -1.09. The van der Waals surface area contributed by atoms with Gasteiger partial charge in [-0.05, 0) is 29.8 Å². The molecule has 0 amide bonds. The van der Waals surface area contributed by atoms with Crippen molar-refractivity contribution in [3.05, 3.63) is 52.7 Å². The smallest absolute Gasteiger partial charge is 0.356 e. The summed E-state index contributed by atoms with van der Waals surface area (Å²) in [7, 11) is 0. The van der Waals surface area contributed by atoms with Crippen LogP contribution in [-0.4, -0.2) is 21.3 Å². The maximum absolute atomic E-state index is 10.6. The molecule has 0 fully saturated rings. The molecule has 1 heterocycles. The molecule has 0 bridgehead atoms. The predicted octanol–water partition coefficient (Wildman–Crippen LogP) is 2.44. The summed E-state index contributed by atoms with van der Waals surface area (Å²) in [4.78, 5) is 10.6. The maximum atomic E-state index is 10.6. The zero-order valence-electron chi connectivity index (χ0n) is 9.30. The van der Waals surface area contributed by atoms with Crippen molar-refractivity contribution in [3.8, 4) is 0 Å². The number of aromatic nitrogens is 2. The Labute approximate surface area is 108 Å². The van der Waals surface area contributed by atoms with Gasteiger partial charge in [-0.2, -0.15) is 0 Å². The van der Waals surface area contributed by atoms with Crippen LogP contribution in [0.5, 0.6) is 0 Å². The number of halogens is 1. The minimum absolute atomic E-state index is 0.0803. The van der Waals surface area contributed by atoms with Gasteiger partial charge in [0, 0.05) is 11.6 Å². The molecule has 2 rings (SSSR count). The average molecular weight is 264 g/mol. The fraction of sp³-hybridized carbons (Fsp3) is 0.0833. The third-order valence-corrected chi connectivity index (χ3v) is 2.48. The number of hydrogen-bond acceptors (Lipinski definition) is 4. The molecule has 0 radical (unpaired) electrons. The van der Waals surface area contributed by atoms with Gasteiger partial charge in [-0.25, -0.2) is 4.79 Å². The van der Waals surface area contributed by atoms with Gasteiger partial charge in [0.15, 0.2) is 5.69 Å². The second-order valence-electron chi connectivity index (χ2n) is 3.59. The van der Waals surface area contributed by atoms with Crippen molar-refractivity contribution in [2.75, 3.05) is 5.32 Å². The van der Waals surface area contributed by atoms with Gasteiger partial charge in [0.1, 0.15) is 5.82 Å². The predicted molar refractivity (Wildman–Crippen MR) is 67.8 cm³/mol. The van der Waals surface area contributed by atoms with Crippen LogP contribution in [0.25, 0.3) is 0 Å². The summed E-state index contributed by atoms with van der Waals surface area (Å²) in [5.74, 6) is -0.580. The molecule has 1 aromatic carbocycles. The van der Waals surface area contributed by atoms with Gasteiger partial charge in [-0.15, -0.1) is 10.2 Å².